The van der Waals surface area contributed by atoms with Gasteiger partial charge in [0, 0.05) is 11.9 Å². The smallest absolute Gasteiger partial charge is 0.413 e. The molecular weight excluding hydrogens is 316 g/mol. The Hall–Kier alpha value is -2.34. The monoisotopic (exact) mass is 332 g/mol. The standard InChI is InChI=1S/C16H17ClN4O2/c1-2-3-6-9-21(16(22)23)15-12-10-7-4-5-8-11(10)18-14(17)13(12)19-20-15/h4-5,7-8H,2-3,6,9H2,1H3,(H,19,20)(H,22,23). The van der Waals surface area contributed by atoms with Gasteiger partial charge >= 0.3 is 6.09 Å². The highest BCUT2D eigenvalue weighted by molar-refractivity contribution is 6.36. The summed E-state index contributed by atoms with van der Waals surface area (Å²) in [5.41, 5.74) is 1.27. The van der Waals surface area contributed by atoms with E-state index in [0.29, 0.717) is 28.8 Å². The van der Waals surface area contributed by atoms with Crippen molar-refractivity contribution in [2.45, 2.75) is 26.2 Å². The van der Waals surface area contributed by atoms with Crippen molar-refractivity contribution in [1.82, 2.24) is 15.2 Å². The summed E-state index contributed by atoms with van der Waals surface area (Å²) in [7, 11) is 0. The van der Waals surface area contributed by atoms with Crippen LogP contribution in [0.4, 0.5) is 10.6 Å². The SMILES string of the molecule is CCCCCN(C(=O)O)c1n[nH]c2c(Cl)nc3ccccc3c12. The van der Waals surface area contributed by atoms with Gasteiger partial charge in [0.1, 0.15) is 5.52 Å². The number of H-pyrrole nitrogens is 1. The molecule has 6 nitrogen and oxygen atoms in total. The quantitative estimate of drug-likeness (QED) is 0.534. The lowest BCUT2D eigenvalue weighted by molar-refractivity contribution is 0.201. The van der Waals surface area contributed by atoms with Gasteiger partial charge in [-0.15, -0.1) is 0 Å². The van der Waals surface area contributed by atoms with Crippen LogP contribution in [0.5, 0.6) is 0 Å². The van der Waals surface area contributed by atoms with Gasteiger partial charge in [0.05, 0.1) is 10.9 Å². The molecule has 0 saturated carbocycles. The third kappa shape index (κ3) is 2.82. The van der Waals surface area contributed by atoms with Crippen molar-refractivity contribution in [3.63, 3.8) is 0 Å². The maximum absolute atomic E-state index is 11.7. The van der Waals surface area contributed by atoms with Crippen LogP contribution in [0, 0.1) is 0 Å². The van der Waals surface area contributed by atoms with E-state index in [2.05, 4.69) is 22.1 Å². The molecule has 0 aliphatic carbocycles. The zero-order valence-electron chi connectivity index (χ0n) is 12.7. The second-order valence-corrected chi connectivity index (χ2v) is 5.72. The minimum Gasteiger partial charge on any atom is -0.465 e. The van der Waals surface area contributed by atoms with Crippen LogP contribution in [0.3, 0.4) is 0 Å². The first-order chi connectivity index (χ1) is 11.1. The van der Waals surface area contributed by atoms with Crippen molar-refractivity contribution in [2.75, 3.05) is 11.4 Å². The number of hydrogen-bond donors (Lipinski definition) is 2. The Kier molecular flexibility index (Phi) is 4.34. The molecule has 2 N–H and O–H groups in total. The Morgan fingerprint density at radius 3 is 2.87 bits per heavy atom. The van der Waals surface area contributed by atoms with Gasteiger partial charge in [0.25, 0.3) is 0 Å². The van der Waals surface area contributed by atoms with Gasteiger partial charge in [0.2, 0.25) is 0 Å². The van der Waals surface area contributed by atoms with E-state index in [1.165, 1.54) is 4.90 Å². The van der Waals surface area contributed by atoms with Crippen LogP contribution in [0.2, 0.25) is 5.15 Å². The summed E-state index contributed by atoms with van der Waals surface area (Å²) in [5, 5.41) is 18.4. The predicted octanol–water partition coefficient (Wildman–Crippen LogP) is 4.44. The number of carboxylic acid groups (broad SMARTS) is 1. The fourth-order valence-corrected chi connectivity index (χ4v) is 2.92. The summed E-state index contributed by atoms with van der Waals surface area (Å²) in [4.78, 5) is 17.3. The van der Waals surface area contributed by atoms with Gasteiger partial charge in [-0.1, -0.05) is 49.6 Å². The highest BCUT2D eigenvalue weighted by Crippen LogP contribution is 2.34. The topological polar surface area (TPSA) is 82.1 Å². The molecule has 0 saturated heterocycles. The second-order valence-electron chi connectivity index (χ2n) is 5.36. The number of hydrogen-bond acceptors (Lipinski definition) is 3. The molecule has 0 fully saturated rings. The number of para-hydroxylation sites is 1. The molecule has 0 spiro atoms. The number of benzene rings is 1. The number of aromatic amines is 1. The largest absolute Gasteiger partial charge is 0.465 e. The number of fused-ring (bicyclic) bond motifs is 3. The van der Waals surface area contributed by atoms with E-state index in [1.807, 2.05) is 24.3 Å². The summed E-state index contributed by atoms with van der Waals surface area (Å²) in [6.07, 6.45) is 1.75. The molecule has 0 atom stereocenters. The zero-order valence-corrected chi connectivity index (χ0v) is 13.5. The molecule has 2 aromatic heterocycles. The first kappa shape index (κ1) is 15.6. The van der Waals surface area contributed by atoms with Gasteiger partial charge in [-0.2, -0.15) is 5.10 Å². The summed E-state index contributed by atoms with van der Waals surface area (Å²) in [6.45, 7) is 2.48. The van der Waals surface area contributed by atoms with E-state index in [4.69, 9.17) is 11.6 Å². The number of pyridine rings is 1. The molecule has 23 heavy (non-hydrogen) atoms. The van der Waals surface area contributed by atoms with Crippen LogP contribution < -0.4 is 4.90 Å². The zero-order chi connectivity index (χ0) is 16.4. The Labute approximate surface area is 138 Å². The van der Waals surface area contributed by atoms with Crippen molar-refractivity contribution in [1.29, 1.82) is 0 Å². The highest BCUT2D eigenvalue weighted by atomic mass is 35.5. The van der Waals surface area contributed by atoms with Crippen LogP contribution in [0.1, 0.15) is 26.2 Å². The molecule has 7 heteroatoms. The molecule has 0 aliphatic heterocycles. The van der Waals surface area contributed by atoms with E-state index in [-0.39, 0.29) is 5.15 Å². The molecule has 1 amide bonds. The number of amides is 1. The van der Waals surface area contributed by atoms with Crippen molar-refractivity contribution < 1.29 is 9.90 Å². The van der Waals surface area contributed by atoms with Gasteiger partial charge in [-0.05, 0) is 12.5 Å². The molecule has 0 unspecified atom stereocenters. The van der Waals surface area contributed by atoms with E-state index in [1.54, 1.807) is 0 Å². The minimum absolute atomic E-state index is 0.288. The molecule has 3 rings (SSSR count). The van der Waals surface area contributed by atoms with Crippen LogP contribution >= 0.6 is 11.6 Å². The lowest BCUT2D eigenvalue weighted by Gasteiger charge is -2.17. The number of anilines is 1. The first-order valence-electron chi connectivity index (χ1n) is 7.56. The van der Waals surface area contributed by atoms with Crippen molar-refractivity contribution in [3.8, 4) is 0 Å². The van der Waals surface area contributed by atoms with E-state index < -0.39 is 6.09 Å². The van der Waals surface area contributed by atoms with Crippen LogP contribution in [0.25, 0.3) is 21.8 Å². The summed E-state index contributed by atoms with van der Waals surface area (Å²) < 4.78 is 0. The lowest BCUT2D eigenvalue weighted by atomic mass is 10.1. The van der Waals surface area contributed by atoms with Gasteiger partial charge in [0.15, 0.2) is 11.0 Å². The maximum Gasteiger partial charge on any atom is 0.413 e. The molecule has 0 bridgehead atoms. The van der Waals surface area contributed by atoms with Crippen molar-refractivity contribution in [2.24, 2.45) is 0 Å². The van der Waals surface area contributed by atoms with Crippen LogP contribution in [-0.4, -0.2) is 32.9 Å². The average molecular weight is 333 g/mol. The molecule has 1 aromatic carbocycles. The number of carbonyl (C=O) groups is 1. The summed E-state index contributed by atoms with van der Waals surface area (Å²) in [5.74, 6) is 0.379. The lowest BCUT2D eigenvalue weighted by Crippen LogP contribution is -2.30. The molecule has 2 heterocycles. The fraction of sp³-hybridized carbons (Fsp3) is 0.312. The maximum atomic E-state index is 11.7. The highest BCUT2D eigenvalue weighted by Gasteiger charge is 2.22. The molecule has 3 aromatic rings. The number of halogens is 1. The Balaban J connectivity index is 2.18. The molecule has 120 valence electrons. The predicted molar refractivity (Wildman–Crippen MR) is 91.3 cm³/mol. The normalized spacial score (nSPS) is 11.2. The third-order valence-electron chi connectivity index (χ3n) is 3.82. The number of nitrogens with one attached hydrogen (secondary N) is 1. The Morgan fingerprint density at radius 2 is 2.13 bits per heavy atom. The van der Waals surface area contributed by atoms with Gasteiger partial charge in [-0.3, -0.25) is 10.00 Å². The van der Waals surface area contributed by atoms with Crippen LogP contribution in [0.15, 0.2) is 24.3 Å². The molecule has 0 radical (unpaired) electrons. The van der Waals surface area contributed by atoms with Gasteiger partial charge < -0.3 is 5.11 Å². The third-order valence-corrected chi connectivity index (χ3v) is 4.09. The van der Waals surface area contributed by atoms with Crippen LogP contribution in [-0.2, 0) is 0 Å². The minimum atomic E-state index is -1.02. The number of nitrogens with zero attached hydrogens (tertiary/aromatic N) is 3. The van der Waals surface area contributed by atoms with E-state index >= 15 is 0 Å². The fourth-order valence-electron chi connectivity index (χ4n) is 2.69. The van der Waals surface area contributed by atoms with Gasteiger partial charge in [-0.25, -0.2) is 9.78 Å². The Morgan fingerprint density at radius 1 is 1.35 bits per heavy atom. The summed E-state index contributed by atoms with van der Waals surface area (Å²) in [6, 6.07) is 7.50. The van der Waals surface area contributed by atoms with Crippen molar-refractivity contribution in [3.05, 3.63) is 29.4 Å². The van der Waals surface area contributed by atoms with Crippen molar-refractivity contribution >= 4 is 45.3 Å². The molecule has 0 aliphatic rings. The second kappa shape index (κ2) is 6.42. The van der Waals surface area contributed by atoms with E-state index in [9.17, 15) is 9.90 Å². The summed E-state index contributed by atoms with van der Waals surface area (Å²) >= 11 is 6.21. The molecular formula is C16H17ClN4O2. The average Bonchev–Trinajstić information content (AvgIpc) is 2.97. The number of unbranched alkanes of at least 4 members (excludes halogenated alkanes) is 2. The van der Waals surface area contributed by atoms with E-state index in [0.717, 1.165) is 24.6 Å². The number of rotatable bonds is 5. The Bertz CT molecular complexity index is 862. The first-order valence-corrected chi connectivity index (χ1v) is 7.94. The number of aromatic nitrogens is 3.